The highest BCUT2D eigenvalue weighted by Gasteiger charge is 2.24. The lowest BCUT2D eigenvalue weighted by atomic mass is 9.85. The highest BCUT2D eigenvalue weighted by molar-refractivity contribution is 4.80. The Bertz CT molecular complexity index is 144. The third kappa shape index (κ3) is 5.24. The molecule has 3 heteroatoms. The zero-order valence-corrected chi connectivity index (χ0v) is 9.54. The van der Waals surface area contributed by atoms with E-state index in [-0.39, 0.29) is 17.6 Å². The van der Waals surface area contributed by atoms with Gasteiger partial charge in [0, 0.05) is 19.1 Å². The van der Waals surface area contributed by atoms with Gasteiger partial charge in [-0.05, 0) is 26.3 Å². The maximum atomic E-state index is 9.19. The van der Waals surface area contributed by atoms with E-state index < -0.39 is 0 Å². The SMILES string of the molecule is CC(O)CN(C)CC(C)(C)C(C)N. The van der Waals surface area contributed by atoms with E-state index in [0.717, 1.165) is 6.54 Å². The third-order valence-electron chi connectivity index (χ3n) is 2.49. The summed E-state index contributed by atoms with van der Waals surface area (Å²) in [6.07, 6.45) is -0.270. The topological polar surface area (TPSA) is 49.5 Å². The summed E-state index contributed by atoms with van der Waals surface area (Å²) >= 11 is 0. The Hall–Kier alpha value is -0.120. The zero-order chi connectivity index (χ0) is 10.6. The standard InChI is InChI=1S/C10H24N2O/c1-8(13)6-12(5)7-10(3,4)9(2)11/h8-9,13H,6-7,11H2,1-5H3. The Morgan fingerprint density at radius 1 is 1.38 bits per heavy atom. The average Bonchev–Trinajstić information content (AvgIpc) is 1.82. The molecule has 13 heavy (non-hydrogen) atoms. The van der Waals surface area contributed by atoms with Crippen LogP contribution in [0.4, 0.5) is 0 Å². The molecule has 0 aliphatic heterocycles. The van der Waals surface area contributed by atoms with Crippen LogP contribution in [0.5, 0.6) is 0 Å². The second kappa shape index (κ2) is 4.94. The maximum absolute atomic E-state index is 9.19. The van der Waals surface area contributed by atoms with Gasteiger partial charge in [-0.1, -0.05) is 13.8 Å². The molecule has 0 heterocycles. The number of nitrogens with zero attached hydrogens (tertiary/aromatic N) is 1. The number of aliphatic hydroxyl groups is 1. The predicted octanol–water partition coefficient (Wildman–Crippen LogP) is 0.672. The van der Waals surface area contributed by atoms with E-state index in [0.29, 0.717) is 6.54 Å². The lowest BCUT2D eigenvalue weighted by Gasteiger charge is -2.34. The molecule has 0 aromatic heterocycles. The normalized spacial score (nSPS) is 17.5. The molecule has 80 valence electrons. The van der Waals surface area contributed by atoms with Crippen LogP contribution in [0.25, 0.3) is 0 Å². The van der Waals surface area contributed by atoms with Crippen LogP contribution < -0.4 is 5.73 Å². The zero-order valence-electron chi connectivity index (χ0n) is 9.54. The van der Waals surface area contributed by atoms with Crippen molar-refractivity contribution in [3.8, 4) is 0 Å². The molecular formula is C10H24N2O. The van der Waals surface area contributed by atoms with Crippen molar-refractivity contribution in [1.82, 2.24) is 4.90 Å². The van der Waals surface area contributed by atoms with E-state index in [1.54, 1.807) is 6.92 Å². The van der Waals surface area contributed by atoms with E-state index in [9.17, 15) is 5.11 Å². The molecule has 0 aromatic rings. The summed E-state index contributed by atoms with van der Waals surface area (Å²) in [6, 6.07) is 0.170. The molecule has 3 nitrogen and oxygen atoms in total. The minimum atomic E-state index is -0.270. The Kier molecular flexibility index (Phi) is 4.89. The first kappa shape index (κ1) is 12.9. The van der Waals surface area contributed by atoms with Crippen molar-refractivity contribution >= 4 is 0 Å². The van der Waals surface area contributed by atoms with E-state index >= 15 is 0 Å². The van der Waals surface area contributed by atoms with Crippen LogP contribution >= 0.6 is 0 Å². The van der Waals surface area contributed by atoms with Gasteiger partial charge < -0.3 is 15.7 Å². The van der Waals surface area contributed by atoms with E-state index in [1.165, 1.54) is 0 Å². The monoisotopic (exact) mass is 188 g/mol. The summed E-state index contributed by atoms with van der Waals surface area (Å²) < 4.78 is 0. The molecule has 0 aliphatic rings. The number of hydrogen-bond acceptors (Lipinski definition) is 3. The molecule has 3 N–H and O–H groups in total. The Labute approximate surface area is 81.9 Å². The highest BCUT2D eigenvalue weighted by atomic mass is 16.3. The van der Waals surface area contributed by atoms with Crippen molar-refractivity contribution in [2.24, 2.45) is 11.1 Å². The van der Waals surface area contributed by atoms with Crippen LogP contribution in [0.3, 0.4) is 0 Å². The van der Waals surface area contributed by atoms with Crippen molar-refractivity contribution in [2.45, 2.75) is 39.8 Å². The van der Waals surface area contributed by atoms with Gasteiger partial charge in [-0.2, -0.15) is 0 Å². The first-order valence-corrected chi connectivity index (χ1v) is 4.88. The van der Waals surface area contributed by atoms with Gasteiger partial charge in [0.1, 0.15) is 0 Å². The molecule has 0 amide bonds. The van der Waals surface area contributed by atoms with Crippen LogP contribution in [0.2, 0.25) is 0 Å². The Balaban J connectivity index is 3.96. The van der Waals surface area contributed by atoms with Crippen LogP contribution in [-0.2, 0) is 0 Å². The van der Waals surface area contributed by atoms with Crippen molar-refractivity contribution in [3.05, 3.63) is 0 Å². The van der Waals surface area contributed by atoms with Gasteiger partial charge >= 0.3 is 0 Å². The number of nitrogens with two attached hydrogens (primary N) is 1. The number of hydrogen-bond donors (Lipinski definition) is 2. The van der Waals surface area contributed by atoms with Gasteiger partial charge in [-0.25, -0.2) is 0 Å². The lowest BCUT2D eigenvalue weighted by Crippen LogP contribution is -2.44. The summed E-state index contributed by atoms with van der Waals surface area (Å²) in [5.74, 6) is 0. The lowest BCUT2D eigenvalue weighted by molar-refractivity contribution is 0.109. The molecule has 0 aromatic carbocycles. The fourth-order valence-electron chi connectivity index (χ4n) is 1.36. The van der Waals surface area contributed by atoms with Gasteiger partial charge in [0.05, 0.1) is 6.10 Å². The number of rotatable bonds is 5. The number of likely N-dealkylation sites (N-methyl/N-ethyl adjacent to an activating group) is 1. The van der Waals surface area contributed by atoms with Gasteiger partial charge in [-0.3, -0.25) is 0 Å². The summed E-state index contributed by atoms with van der Waals surface area (Å²) in [7, 11) is 2.01. The predicted molar refractivity (Wildman–Crippen MR) is 56.6 cm³/mol. The first-order valence-electron chi connectivity index (χ1n) is 4.88. The van der Waals surface area contributed by atoms with Gasteiger partial charge in [0.2, 0.25) is 0 Å². The minimum absolute atomic E-state index is 0.101. The summed E-state index contributed by atoms with van der Waals surface area (Å²) in [6.45, 7) is 9.74. The largest absolute Gasteiger partial charge is 0.392 e. The summed E-state index contributed by atoms with van der Waals surface area (Å²) in [5, 5.41) is 9.19. The van der Waals surface area contributed by atoms with Crippen LogP contribution in [0.15, 0.2) is 0 Å². The van der Waals surface area contributed by atoms with Crippen LogP contribution in [0, 0.1) is 5.41 Å². The molecule has 2 unspecified atom stereocenters. The molecule has 0 spiro atoms. The van der Waals surface area contributed by atoms with Gasteiger partial charge in [0.25, 0.3) is 0 Å². The smallest absolute Gasteiger partial charge is 0.0638 e. The van der Waals surface area contributed by atoms with E-state index in [4.69, 9.17) is 5.73 Å². The third-order valence-corrected chi connectivity index (χ3v) is 2.49. The molecule has 0 rings (SSSR count). The molecule has 0 fully saturated rings. The maximum Gasteiger partial charge on any atom is 0.0638 e. The van der Waals surface area contributed by atoms with E-state index in [1.807, 2.05) is 14.0 Å². The average molecular weight is 188 g/mol. The molecule has 2 atom stereocenters. The van der Waals surface area contributed by atoms with E-state index in [2.05, 4.69) is 18.7 Å². The molecule has 0 saturated carbocycles. The molecule has 0 aliphatic carbocycles. The quantitative estimate of drug-likeness (QED) is 0.667. The summed E-state index contributed by atoms with van der Waals surface area (Å²) in [5.41, 5.74) is 5.96. The first-order chi connectivity index (χ1) is 5.75. The van der Waals surface area contributed by atoms with Gasteiger partial charge in [-0.15, -0.1) is 0 Å². The van der Waals surface area contributed by atoms with Crippen LogP contribution in [0.1, 0.15) is 27.7 Å². The number of aliphatic hydroxyl groups excluding tert-OH is 1. The Morgan fingerprint density at radius 2 is 1.85 bits per heavy atom. The van der Waals surface area contributed by atoms with Crippen LogP contribution in [-0.4, -0.2) is 42.3 Å². The van der Waals surface area contributed by atoms with Crippen molar-refractivity contribution in [1.29, 1.82) is 0 Å². The van der Waals surface area contributed by atoms with Crippen molar-refractivity contribution < 1.29 is 5.11 Å². The fourth-order valence-corrected chi connectivity index (χ4v) is 1.36. The van der Waals surface area contributed by atoms with Crippen molar-refractivity contribution in [2.75, 3.05) is 20.1 Å². The van der Waals surface area contributed by atoms with Crippen molar-refractivity contribution in [3.63, 3.8) is 0 Å². The minimum Gasteiger partial charge on any atom is -0.392 e. The molecule has 0 bridgehead atoms. The molecular weight excluding hydrogens is 164 g/mol. The Morgan fingerprint density at radius 3 is 2.15 bits per heavy atom. The second-order valence-electron chi connectivity index (χ2n) is 4.82. The fraction of sp³-hybridized carbons (Fsp3) is 1.00. The highest BCUT2D eigenvalue weighted by Crippen LogP contribution is 2.19. The van der Waals surface area contributed by atoms with Gasteiger partial charge in [0.15, 0.2) is 0 Å². The molecule has 0 radical (unpaired) electrons. The summed E-state index contributed by atoms with van der Waals surface area (Å²) in [4.78, 5) is 2.12. The second-order valence-corrected chi connectivity index (χ2v) is 4.82. The molecule has 0 saturated heterocycles.